The van der Waals surface area contributed by atoms with E-state index in [1.165, 1.54) is 30.5 Å². The first-order valence-electron chi connectivity index (χ1n) is 10.8. The largest absolute Gasteiger partial charge is 0.431 e. The maximum atomic E-state index is 13.5. The number of halogens is 5. The number of nitrogens with zero attached hydrogens (tertiary/aromatic N) is 3. The zero-order chi connectivity index (χ0) is 27.3. The Labute approximate surface area is 220 Å². The summed E-state index contributed by atoms with van der Waals surface area (Å²) in [6.45, 7) is 3.21. The van der Waals surface area contributed by atoms with E-state index in [0.29, 0.717) is 5.56 Å². The Bertz CT molecular complexity index is 1420. The number of pyridine rings is 1. The second-order valence-corrected chi connectivity index (χ2v) is 12.2. The third kappa shape index (κ3) is 5.68. The molecule has 0 bridgehead atoms. The molecule has 1 saturated heterocycles. The van der Waals surface area contributed by atoms with Crippen LogP contribution in [0.4, 0.5) is 24.7 Å². The average molecular weight is 577 g/mol. The summed E-state index contributed by atoms with van der Waals surface area (Å²) in [5.41, 5.74) is -1.70. The summed E-state index contributed by atoms with van der Waals surface area (Å²) in [7, 11) is -2.76. The van der Waals surface area contributed by atoms with Crippen LogP contribution in [0.5, 0.6) is 0 Å². The predicted molar refractivity (Wildman–Crippen MR) is 135 cm³/mol. The van der Waals surface area contributed by atoms with Crippen molar-refractivity contribution in [3.05, 3.63) is 51.6 Å². The lowest BCUT2D eigenvalue weighted by Crippen LogP contribution is -2.63. The number of rotatable bonds is 5. The third-order valence-corrected chi connectivity index (χ3v) is 8.53. The lowest BCUT2D eigenvalue weighted by molar-refractivity contribution is -0.117. The summed E-state index contributed by atoms with van der Waals surface area (Å²) in [5.74, 6) is -1.74. The second kappa shape index (κ2) is 9.44. The zero-order valence-electron chi connectivity index (χ0n) is 19.4. The van der Waals surface area contributed by atoms with Gasteiger partial charge in [-0.2, -0.15) is 18.3 Å². The molecule has 2 aliphatic rings. The van der Waals surface area contributed by atoms with Gasteiger partial charge in [-0.05, 0) is 43.7 Å². The van der Waals surface area contributed by atoms with E-state index >= 15 is 0 Å². The summed E-state index contributed by atoms with van der Waals surface area (Å²) in [6.07, 6.45) is -4.25. The number of carbonyl (C=O) groups is 2. The van der Waals surface area contributed by atoms with Gasteiger partial charge in [0.2, 0.25) is 5.91 Å². The summed E-state index contributed by atoms with van der Waals surface area (Å²) in [5, 5.41) is 9.84. The monoisotopic (exact) mass is 576 g/mol. The molecular weight excluding hydrogens is 556 g/mol. The third-order valence-electron chi connectivity index (χ3n) is 5.81. The van der Waals surface area contributed by atoms with Crippen LogP contribution in [0, 0.1) is 11.7 Å². The van der Waals surface area contributed by atoms with E-state index in [0.717, 1.165) is 5.01 Å². The Morgan fingerprint density at radius 3 is 2.54 bits per heavy atom. The second-order valence-electron chi connectivity index (χ2n) is 9.17. The zero-order valence-corrected chi connectivity index (χ0v) is 21.8. The summed E-state index contributed by atoms with van der Waals surface area (Å²) in [4.78, 5) is 30.4. The van der Waals surface area contributed by atoms with Crippen molar-refractivity contribution < 1.29 is 27.0 Å². The van der Waals surface area contributed by atoms with Crippen LogP contribution in [0.25, 0.3) is 0 Å². The van der Waals surface area contributed by atoms with Gasteiger partial charge < -0.3 is 10.6 Å². The van der Waals surface area contributed by atoms with Crippen LogP contribution in [0.2, 0.25) is 10.0 Å². The van der Waals surface area contributed by atoms with Crippen molar-refractivity contribution in [2.75, 3.05) is 21.8 Å². The molecule has 2 aliphatic heterocycles. The molecule has 37 heavy (non-hydrogen) atoms. The van der Waals surface area contributed by atoms with Crippen LogP contribution in [-0.2, 0) is 14.5 Å². The van der Waals surface area contributed by atoms with Crippen LogP contribution in [0.1, 0.15) is 29.3 Å². The number of aryl methyl sites for hydroxylation is 1. The molecule has 0 aliphatic carbocycles. The van der Waals surface area contributed by atoms with Gasteiger partial charge in [-0.3, -0.25) is 14.4 Å². The minimum Gasteiger partial charge on any atom is -0.345 e. The highest BCUT2D eigenvalue weighted by Crippen LogP contribution is 2.35. The Kier molecular flexibility index (Phi) is 6.93. The smallest absolute Gasteiger partial charge is 0.345 e. The van der Waals surface area contributed by atoms with Gasteiger partial charge in [0.25, 0.3) is 5.91 Å². The highest BCUT2D eigenvalue weighted by atomic mass is 35.5. The number of amides is 2. The van der Waals surface area contributed by atoms with Crippen molar-refractivity contribution in [1.29, 1.82) is 4.78 Å². The Morgan fingerprint density at radius 2 is 1.95 bits per heavy atom. The number of anilines is 2. The molecule has 2 amide bonds. The number of hydrogen-bond donors (Lipinski definition) is 3. The molecule has 198 valence electrons. The van der Waals surface area contributed by atoms with Crippen LogP contribution >= 0.6 is 23.2 Å². The number of benzene rings is 1. The molecule has 2 aromatic rings. The van der Waals surface area contributed by atoms with Gasteiger partial charge in [0.15, 0.2) is 5.82 Å². The van der Waals surface area contributed by atoms with E-state index in [-0.39, 0.29) is 38.6 Å². The summed E-state index contributed by atoms with van der Waals surface area (Å²) in [6, 6.07) is 4.21. The van der Waals surface area contributed by atoms with Crippen molar-refractivity contribution in [3.8, 4) is 0 Å². The van der Waals surface area contributed by atoms with Gasteiger partial charge in [0, 0.05) is 27.4 Å². The van der Waals surface area contributed by atoms with Gasteiger partial charge >= 0.3 is 6.18 Å². The topological polar surface area (TPSA) is 128 Å². The molecule has 0 radical (unpaired) electrons. The maximum absolute atomic E-state index is 13.5. The fourth-order valence-corrected chi connectivity index (χ4v) is 6.92. The van der Waals surface area contributed by atoms with Crippen LogP contribution in [0.15, 0.2) is 35.6 Å². The SMILES string of the molecule is Cc1cc(Cl)cc(C(=O)NC2(C)CS(=N)(=O)C2)c1NC(=O)C1CC(C(F)(F)F)=NN1c1ncccc1Cl. The van der Waals surface area contributed by atoms with Crippen molar-refractivity contribution in [3.63, 3.8) is 0 Å². The number of aromatic nitrogens is 1. The van der Waals surface area contributed by atoms with E-state index in [1.807, 2.05) is 0 Å². The van der Waals surface area contributed by atoms with Gasteiger partial charge in [0.05, 0.1) is 33.3 Å². The molecule has 0 saturated carbocycles. The molecule has 3 N–H and O–H groups in total. The molecule has 15 heteroatoms. The van der Waals surface area contributed by atoms with Gasteiger partial charge in [-0.15, -0.1) is 0 Å². The maximum Gasteiger partial charge on any atom is 0.431 e. The van der Waals surface area contributed by atoms with Crippen LogP contribution in [0.3, 0.4) is 0 Å². The summed E-state index contributed by atoms with van der Waals surface area (Å²) >= 11 is 12.3. The van der Waals surface area contributed by atoms with E-state index < -0.39 is 51.4 Å². The van der Waals surface area contributed by atoms with E-state index in [1.54, 1.807) is 13.8 Å². The number of alkyl halides is 3. The van der Waals surface area contributed by atoms with E-state index in [9.17, 15) is 27.0 Å². The molecule has 0 spiro atoms. The van der Waals surface area contributed by atoms with Gasteiger partial charge in [-0.25, -0.2) is 14.2 Å². The molecule has 4 rings (SSSR count). The normalized spacial score (nSPS) is 25.3. The molecule has 1 aromatic heterocycles. The fourth-order valence-electron chi connectivity index (χ4n) is 4.32. The number of hydrogen-bond acceptors (Lipinski definition) is 7. The van der Waals surface area contributed by atoms with E-state index in [4.69, 9.17) is 28.0 Å². The molecular formula is C22H21Cl2F3N6O3S. The predicted octanol–water partition coefficient (Wildman–Crippen LogP) is 4.38. The number of carbonyl (C=O) groups excluding carboxylic acids is 2. The quantitative estimate of drug-likeness (QED) is 0.486. The van der Waals surface area contributed by atoms with Gasteiger partial charge in [0.1, 0.15) is 11.8 Å². The highest BCUT2D eigenvalue weighted by molar-refractivity contribution is 7.94. The van der Waals surface area contributed by atoms with Crippen LogP contribution < -0.4 is 15.6 Å². The average Bonchev–Trinajstić information content (AvgIpc) is 3.20. The number of nitrogens with one attached hydrogen (secondary N) is 3. The van der Waals surface area contributed by atoms with Crippen molar-refractivity contribution in [2.24, 2.45) is 5.10 Å². The van der Waals surface area contributed by atoms with Crippen molar-refractivity contribution in [2.45, 2.75) is 38.0 Å². The lowest BCUT2D eigenvalue weighted by atomic mass is 10.0. The van der Waals surface area contributed by atoms with Crippen molar-refractivity contribution in [1.82, 2.24) is 10.3 Å². The first-order valence-corrected chi connectivity index (χ1v) is 13.5. The number of hydrazone groups is 1. The standard InChI is InChI=1S/C22H21Cl2F3N6O3S/c1-11-6-12(23)7-13(19(34)31-21(2)9-37(28,36)10-21)17(11)30-20(35)15-8-16(22(25,26)27)32-33(15)18-14(24)4-3-5-29-18/h3-7,15,28H,8-10H2,1-2H3,(H,30,35)(H,31,34). The lowest BCUT2D eigenvalue weighted by Gasteiger charge is -2.40. The first-order chi connectivity index (χ1) is 17.1. The fraction of sp³-hybridized carbons (Fsp3) is 0.364. The Balaban J connectivity index is 1.65. The Hall–Kier alpha value is -2.90. The molecule has 9 nitrogen and oxygen atoms in total. The Morgan fingerprint density at radius 1 is 1.27 bits per heavy atom. The minimum absolute atomic E-state index is 0.00469. The molecule has 3 heterocycles. The highest BCUT2D eigenvalue weighted by Gasteiger charge is 2.47. The minimum atomic E-state index is -4.79. The first kappa shape index (κ1) is 27.1. The van der Waals surface area contributed by atoms with Crippen LogP contribution in [-0.4, -0.2) is 56.0 Å². The van der Waals surface area contributed by atoms with Crippen molar-refractivity contribution >= 4 is 62.0 Å². The summed E-state index contributed by atoms with van der Waals surface area (Å²) < 4.78 is 60.0. The molecule has 1 aromatic carbocycles. The molecule has 1 atom stereocenters. The molecule has 1 fully saturated rings. The molecule has 1 unspecified atom stereocenters. The van der Waals surface area contributed by atoms with E-state index in [2.05, 4.69) is 20.7 Å². The van der Waals surface area contributed by atoms with Gasteiger partial charge in [-0.1, -0.05) is 23.2 Å².